The van der Waals surface area contributed by atoms with Gasteiger partial charge in [0.15, 0.2) is 11.6 Å². The molecule has 0 saturated carbocycles. The highest BCUT2D eigenvalue weighted by Crippen LogP contribution is 2.40. The number of halogens is 2. The van der Waals surface area contributed by atoms with Crippen LogP contribution < -0.4 is 26.4 Å². The third kappa shape index (κ3) is 4.20. The third-order valence-corrected chi connectivity index (χ3v) is 4.91. The van der Waals surface area contributed by atoms with Crippen molar-refractivity contribution in [3.05, 3.63) is 56.4 Å². The first-order valence-electron chi connectivity index (χ1n) is 8.62. The molecule has 1 atom stereocenters. The van der Waals surface area contributed by atoms with Gasteiger partial charge in [0, 0.05) is 11.6 Å². The van der Waals surface area contributed by atoms with Crippen molar-refractivity contribution in [2.45, 2.75) is 26.2 Å². The van der Waals surface area contributed by atoms with Crippen LogP contribution in [0.4, 0.5) is 10.5 Å². The van der Waals surface area contributed by atoms with E-state index in [1.807, 2.05) is 13.8 Å². The van der Waals surface area contributed by atoms with Gasteiger partial charge in [0.1, 0.15) is 0 Å². The van der Waals surface area contributed by atoms with Crippen LogP contribution in [0.5, 0.6) is 11.6 Å². The van der Waals surface area contributed by atoms with Crippen LogP contribution in [-0.4, -0.2) is 22.1 Å². The van der Waals surface area contributed by atoms with Crippen molar-refractivity contribution in [1.29, 1.82) is 0 Å². The van der Waals surface area contributed by atoms with E-state index in [2.05, 4.69) is 27.2 Å². The van der Waals surface area contributed by atoms with Crippen LogP contribution in [0.25, 0.3) is 0 Å². The number of nitrogens with zero attached hydrogens (tertiary/aromatic N) is 3. The van der Waals surface area contributed by atoms with E-state index in [1.54, 1.807) is 6.07 Å². The number of hydrogen-bond donors (Lipinski definition) is 3. The number of carbonyl (C=O) groups excluding carboxylic acids is 1. The number of H-pyrrole nitrogens is 1. The van der Waals surface area contributed by atoms with E-state index in [1.165, 1.54) is 12.1 Å². The maximum atomic E-state index is 12.1. The van der Waals surface area contributed by atoms with Gasteiger partial charge in [-0.05, 0) is 24.5 Å². The lowest BCUT2D eigenvalue weighted by molar-refractivity contribution is 0.248. The summed E-state index contributed by atoms with van der Waals surface area (Å²) in [5.74, 6) is 0.316. The summed E-state index contributed by atoms with van der Waals surface area (Å²) >= 11 is 12.6. The largest absolute Gasteiger partial charge is 0.434 e. The topological polar surface area (TPSA) is 126 Å². The number of aromatic amines is 1. The molecule has 0 fully saturated rings. The monoisotopic (exact) mass is 436 g/mol. The van der Waals surface area contributed by atoms with Crippen LogP contribution in [0.2, 0.25) is 10.0 Å². The zero-order chi connectivity index (χ0) is 21.3. The smallest absolute Gasteiger partial charge is 0.347 e. The van der Waals surface area contributed by atoms with E-state index < -0.39 is 6.03 Å². The van der Waals surface area contributed by atoms with E-state index in [9.17, 15) is 9.59 Å². The van der Waals surface area contributed by atoms with Gasteiger partial charge in [-0.25, -0.2) is 9.89 Å². The van der Waals surface area contributed by atoms with Gasteiger partial charge < -0.3 is 15.8 Å². The summed E-state index contributed by atoms with van der Waals surface area (Å²) in [6.45, 7) is 7.48. The summed E-state index contributed by atoms with van der Waals surface area (Å²) in [7, 11) is 0. The summed E-state index contributed by atoms with van der Waals surface area (Å²) in [5, 5.41) is 13.9. The van der Waals surface area contributed by atoms with Gasteiger partial charge in [-0.15, -0.1) is 10.2 Å². The maximum Gasteiger partial charge on any atom is 0.347 e. The normalized spacial score (nSPS) is 15.0. The van der Waals surface area contributed by atoms with E-state index in [0.29, 0.717) is 5.56 Å². The Kier molecular flexibility index (Phi) is 5.81. The van der Waals surface area contributed by atoms with Gasteiger partial charge in [0.05, 0.1) is 21.4 Å². The van der Waals surface area contributed by atoms with Crippen molar-refractivity contribution in [3.8, 4) is 11.6 Å². The second-order valence-electron chi connectivity index (χ2n) is 6.35. The van der Waals surface area contributed by atoms with E-state index in [-0.39, 0.29) is 50.4 Å². The Balaban J connectivity index is 1.94. The van der Waals surface area contributed by atoms with E-state index in [4.69, 9.17) is 33.7 Å². The summed E-state index contributed by atoms with van der Waals surface area (Å²) in [6.07, 6.45) is 0.775. The number of nitrogens with one attached hydrogen (secondary N) is 2. The first kappa shape index (κ1) is 20.7. The molecule has 0 spiro atoms. The molecule has 0 bridgehead atoms. The van der Waals surface area contributed by atoms with E-state index >= 15 is 0 Å². The van der Waals surface area contributed by atoms with Crippen LogP contribution in [0.3, 0.4) is 0 Å². The van der Waals surface area contributed by atoms with Crippen LogP contribution in [0.1, 0.15) is 31.7 Å². The SMILES string of the molecule is C=C1NC(=O)N(c2cc(Cl)c(Oc3cc([C@H](C)CC)c(=O)[nH]n3)c(Cl)c2)N=C1N. The molecule has 0 radical (unpaired) electrons. The number of rotatable bonds is 5. The number of hydrogen-bond acceptors (Lipinski definition) is 6. The summed E-state index contributed by atoms with van der Waals surface area (Å²) in [6, 6.07) is 3.86. The zero-order valence-electron chi connectivity index (χ0n) is 15.6. The molecule has 0 unspecified atom stereocenters. The molecule has 1 aliphatic rings. The number of urea groups is 1. The van der Waals surface area contributed by atoms with Crippen LogP contribution in [0, 0.1) is 0 Å². The van der Waals surface area contributed by atoms with Crippen molar-refractivity contribution in [1.82, 2.24) is 15.5 Å². The summed E-state index contributed by atoms with van der Waals surface area (Å²) < 4.78 is 5.70. The second-order valence-corrected chi connectivity index (χ2v) is 7.16. The van der Waals surface area contributed by atoms with Crippen molar-refractivity contribution in [3.63, 3.8) is 0 Å². The summed E-state index contributed by atoms with van der Waals surface area (Å²) in [4.78, 5) is 24.1. The molecule has 1 aromatic carbocycles. The predicted octanol–water partition coefficient (Wildman–Crippen LogP) is 3.70. The Morgan fingerprint density at radius 2 is 1.93 bits per heavy atom. The molecule has 2 aromatic rings. The fourth-order valence-corrected chi connectivity index (χ4v) is 3.10. The molecule has 0 aliphatic carbocycles. The minimum Gasteiger partial charge on any atom is -0.434 e. The number of ether oxygens (including phenoxy) is 1. The molecular weight excluding hydrogens is 419 g/mol. The molecule has 4 N–H and O–H groups in total. The number of amides is 2. The lowest BCUT2D eigenvalue weighted by Crippen LogP contribution is -2.45. The van der Waals surface area contributed by atoms with Crippen molar-refractivity contribution >= 4 is 40.8 Å². The Morgan fingerprint density at radius 3 is 2.55 bits per heavy atom. The average Bonchev–Trinajstić information content (AvgIpc) is 2.68. The van der Waals surface area contributed by atoms with Crippen LogP contribution >= 0.6 is 23.2 Å². The number of hydrazone groups is 1. The molecule has 3 rings (SSSR count). The van der Waals surface area contributed by atoms with Gasteiger partial charge in [0.25, 0.3) is 5.56 Å². The van der Waals surface area contributed by atoms with E-state index in [0.717, 1.165) is 11.4 Å². The molecule has 29 heavy (non-hydrogen) atoms. The molecule has 152 valence electrons. The number of amidine groups is 1. The van der Waals surface area contributed by atoms with Crippen molar-refractivity contribution in [2.75, 3.05) is 5.01 Å². The number of benzene rings is 1. The Labute approximate surface area is 176 Å². The first-order valence-corrected chi connectivity index (χ1v) is 9.37. The zero-order valence-corrected chi connectivity index (χ0v) is 17.1. The molecule has 11 heteroatoms. The standard InChI is InChI=1S/C18H18Cl2N6O3/c1-4-8(2)11-7-14(23-24-17(11)27)29-15-12(19)5-10(6-13(15)20)26-18(28)22-9(3)16(21)25-26/h5-8H,3-4H2,1-2H3,(H2,21,25)(H,22,28)(H,24,27)/t8-/m1/s1. The lowest BCUT2D eigenvalue weighted by Gasteiger charge is -2.24. The van der Waals surface area contributed by atoms with Gasteiger partial charge in [0.2, 0.25) is 5.88 Å². The average molecular weight is 437 g/mol. The number of carbonyl (C=O) groups is 1. The number of anilines is 1. The van der Waals surface area contributed by atoms with Crippen LogP contribution in [-0.2, 0) is 0 Å². The molecule has 9 nitrogen and oxygen atoms in total. The maximum absolute atomic E-state index is 12.1. The van der Waals surface area contributed by atoms with Gasteiger partial charge >= 0.3 is 6.03 Å². The van der Waals surface area contributed by atoms with Gasteiger partial charge in [-0.2, -0.15) is 5.01 Å². The Hall–Kier alpha value is -3.04. The Bertz CT molecular complexity index is 1060. The van der Waals surface area contributed by atoms with Gasteiger partial charge in [-0.1, -0.05) is 43.6 Å². The molecule has 1 aliphatic heterocycles. The van der Waals surface area contributed by atoms with Gasteiger partial charge in [-0.3, -0.25) is 4.79 Å². The minimum absolute atomic E-state index is 0.0214. The van der Waals surface area contributed by atoms with Crippen molar-refractivity contribution < 1.29 is 9.53 Å². The molecule has 1 aromatic heterocycles. The Morgan fingerprint density at radius 1 is 1.28 bits per heavy atom. The fourth-order valence-electron chi connectivity index (χ4n) is 2.54. The lowest BCUT2D eigenvalue weighted by atomic mass is 10.0. The number of aromatic nitrogens is 2. The molecular formula is C18H18Cl2N6O3. The molecule has 2 heterocycles. The predicted molar refractivity (Wildman–Crippen MR) is 112 cm³/mol. The minimum atomic E-state index is -0.564. The highest BCUT2D eigenvalue weighted by atomic mass is 35.5. The summed E-state index contributed by atoms with van der Waals surface area (Å²) in [5.41, 5.74) is 6.43. The quantitative estimate of drug-likeness (QED) is 0.658. The fraction of sp³-hybridized carbons (Fsp3) is 0.222. The third-order valence-electron chi connectivity index (χ3n) is 4.35. The van der Waals surface area contributed by atoms with Crippen molar-refractivity contribution in [2.24, 2.45) is 10.8 Å². The first-order chi connectivity index (χ1) is 13.7. The molecule has 0 saturated heterocycles. The highest BCUT2D eigenvalue weighted by molar-refractivity contribution is 6.37. The highest BCUT2D eigenvalue weighted by Gasteiger charge is 2.25. The van der Waals surface area contributed by atoms with Crippen LogP contribution in [0.15, 0.2) is 40.4 Å². The number of nitrogens with two attached hydrogens (primary N) is 1. The second kappa shape index (κ2) is 8.14. The molecule has 2 amide bonds.